The van der Waals surface area contributed by atoms with Gasteiger partial charge in [-0.05, 0) is 36.4 Å². The van der Waals surface area contributed by atoms with E-state index in [4.69, 9.17) is 0 Å². The summed E-state index contributed by atoms with van der Waals surface area (Å²) in [7, 11) is 0. The largest absolute Gasteiger partial charge is 0.367 e. The number of carbonyl (C=O) groups is 2. The van der Waals surface area contributed by atoms with Crippen LogP contribution < -0.4 is 10.2 Å². The van der Waals surface area contributed by atoms with Crippen molar-refractivity contribution in [2.24, 2.45) is 0 Å². The summed E-state index contributed by atoms with van der Waals surface area (Å²) >= 11 is 0. The van der Waals surface area contributed by atoms with Crippen LogP contribution in [-0.4, -0.2) is 47.9 Å². The Morgan fingerprint density at radius 1 is 1.11 bits per heavy atom. The van der Waals surface area contributed by atoms with Crippen LogP contribution in [0, 0.1) is 11.6 Å². The molecule has 140 valence electrons. The van der Waals surface area contributed by atoms with Gasteiger partial charge in [-0.3, -0.25) is 9.59 Å². The number of piperazine rings is 1. The molecule has 1 saturated heterocycles. The number of halogens is 2. The molecule has 0 spiro atoms. The minimum atomic E-state index is -0.808. The number of nitrogens with one attached hydrogen (secondary N) is 1. The van der Waals surface area contributed by atoms with Gasteiger partial charge < -0.3 is 15.1 Å². The van der Waals surface area contributed by atoms with Crippen LogP contribution >= 0.6 is 0 Å². The highest BCUT2D eigenvalue weighted by atomic mass is 19.1. The Kier molecular flexibility index (Phi) is 5.44. The quantitative estimate of drug-likeness (QED) is 0.838. The van der Waals surface area contributed by atoms with Gasteiger partial charge in [-0.1, -0.05) is 6.58 Å². The molecule has 1 aliphatic heterocycles. The summed E-state index contributed by atoms with van der Waals surface area (Å²) in [6.07, 6.45) is 2.89. The van der Waals surface area contributed by atoms with Gasteiger partial charge in [0.1, 0.15) is 17.5 Å². The Balaban J connectivity index is 1.62. The molecule has 1 aromatic heterocycles. The lowest BCUT2D eigenvalue weighted by Gasteiger charge is -2.35. The minimum absolute atomic E-state index is 0.0876. The van der Waals surface area contributed by atoms with E-state index in [-0.39, 0.29) is 17.3 Å². The topological polar surface area (TPSA) is 65.5 Å². The van der Waals surface area contributed by atoms with Crippen molar-refractivity contribution in [1.82, 2.24) is 9.88 Å². The standard InChI is InChI=1S/C19H18F2N4O2/c1-2-18(26)25-9-7-24(8-10-25)14-4-6-17(22-12-14)23-19(27)15-11-13(20)3-5-16(15)21/h2-6,11-12H,1,7-10H2,(H,22,23,27). The molecule has 8 heteroatoms. The smallest absolute Gasteiger partial charge is 0.259 e. The highest BCUT2D eigenvalue weighted by Gasteiger charge is 2.20. The molecule has 27 heavy (non-hydrogen) atoms. The average Bonchev–Trinajstić information content (AvgIpc) is 2.70. The van der Waals surface area contributed by atoms with Crippen molar-refractivity contribution >= 4 is 23.3 Å². The summed E-state index contributed by atoms with van der Waals surface area (Å²) in [5.74, 6) is -2.14. The van der Waals surface area contributed by atoms with E-state index in [9.17, 15) is 18.4 Å². The Morgan fingerprint density at radius 2 is 1.85 bits per heavy atom. The van der Waals surface area contributed by atoms with Gasteiger partial charge in [0, 0.05) is 26.2 Å². The highest BCUT2D eigenvalue weighted by molar-refractivity contribution is 6.04. The molecule has 6 nitrogen and oxygen atoms in total. The minimum Gasteiger partial charge on any atom is -0.367 e. The molecule has 1 N–H and O–H groups in total. The van der Waals surface area contributed by atoms with E-state index in [1.165, 1.54) is 6.08 Å². The van der Waals surface area contributed by atoms with Crippen molar-refractivity contribution in [2.45, 2.75) is 0 Å². The predicted molar refractivity (Wildman–Crippen MR) is 97.5 cm³/mol. The van der Waals surface area contributed by atoms with E-state index in [0.29, 0.717) is 26.2 Å². The fraction of sp³-hybridized carbons (Fsp3) is 0.211. The molecule has 2 heterocycles. The maximum absolute atomic E-state index is 13.7. The van der Waals surface area contributed by atoms with E-state index in [2.05, 4.69) is 21.8 Å². The van der Waals surface area contributed by atoms with Gasteiger partial charge in [-0.15, -0.1) is 0 Å². The van der Waals surface area contributed by atoms with E-state index in [1.54, 1.807) is 23.2 Å². The summed E-state index contributed by atoms with van der Waals surface area (Å²) in [6.45, 7) is 5.96. The van der Waals surface area contributed by atoms with Crippen molar-refractivity contribution in [3.8, 4) is 0 Å². The first-order valence-electron chi connectivity index (χ1n) is 8.36. The molecule has 0 atom stereocenters. The first-order chi connectivity index (χ1) is 13.0. The van der Waals surface area contributed by atoms with Gasteiger partial charge in [0.05, 0.1) is 17.4 Å². The molecule has 0 aliphatic carbocycles. The summed E-state index contributed by atoms with van der Waals surface area (Å²) in [5.41, 5.74) is 0.458. The Hall–Kier alpha value is -3.29. The number of aromatic nitrogens is 1. The van der Waals surface area contributed by atoms with Gasteiger partial charge in [0.2, 0.25) is 5.91 Å². The van der Waals surface area contributed by atoms with Crippen molar-refractivity contribution in [3.63, 3.8) is 0 Å². The van der Waals surface area contributed by atoms with Crippen molar-refractivity contribution in [1.29, 1.82) is 0 Å². The van der Waals surface area contributed by atoms with E-state index >= 15 is 0 Å². The van der Waals surface area contributed by atoms with Crippen LogP contribution in [0.15, 0.2) is 49.2 Å². The molecule has 1 fully saturated rings. The molecule has 0 bridgehead atoms. The first kappa shape index (κ1) is 18.5. The zero-order valence-electron chi connectivity index (χ0n) is 14.5. The lowest BCUT2D eigenvalue weighted by molar-refractivity contribution is -0.126. The Labute approximate surface area is 155 Å². The van der Waals surface area contributed by atoms with E-state index in [1.807, 2.05) is 0 Å². The second kappa shape index (κ2) is 7.94. The van der Waals surface area contributed by atoms with Gasteiger partial charge in [-0.2, -0.15) is 0 Å². The number of anilines is 2. The van der Waals surface area contributed by atoms with Crippen LogP contribution in [0.5, 0.6) is 0 Å². The Morgan fingerprint density at radius 3 is 2.48 bits per heavy atom. The maximum atomic E-state index is 13.7. The first-order valence-corrected chi connectivity index (χ1v) is 8.36. The van der Waals surface area contributed by atoms with Gasteiger partial charge in [0.25, 0.3) is 5.91 Å². The third-order valence-corrected chi connectivity index (χ3v) is 4.29. The van der Waals surface area contributed by atoms with Crippen LogP contribution in [0.4, 0.5) is 20.3 Å². The SMILES string of the molecule is C=CC(=O)N1CCN(c2ccc(NC(=O)c3cc(F)ccc3F)nc2)CC1. The molecule has 2 amide bonds. The Bertz CT molecular complexity index is 863. The normalized spacial score (nSPS) is 14.0. The zero-order valence-corrected chi connectivity index (χ0v) is 14.5. The molecule has 2 aromatic rings. The molecular weight excluding hydrogens is 354 g/mol. The van der Waals surface area contributed by atoms with Crippen molar-refractivity contribution in [2.75, 3.05) is 36.4 Å². The molecule has 0 radical (unpaired) electrons. The number of benzene rings is 1. The van der Waals surface area contributed by atoms with Crippen LogP contribution in [0.3, 0.4) is 0 Å². The van der Waals surface area contributed by atoms with Gasteiger partial charge in [0.15, 0.2) is 0 Å². The van der Waals surface area contributed by atoms with Crippen LogP contribution in [0.1, 0.15) is 10.4 Å². The lowest BCUT2D eigenvalue weighted by atomic mass is 10.2. The molecular formula is C19H18F2N4O2. The van der Waals surface area contributed by atoms with Crippen molar-refractivity contribution in [3.05, 3.63) is 66.4 Å². The molecule has 3 rings (SSSR count). The summed E-state index contributed by atoms with van der Waals surface area (Å²) in [6, 6.07) is 6.04. The van der Waals surface area contributed by atoms with Crippen LogP contribution in [0.2, 0.25) is 0 Å². The third kappa shape index (κ3) is 4.28. The number of pyridine rings is 1. The molecule has 1 aliphatic rings. The average molecular weight is 372 g/mol. The van der Waals surface area contributed by atoms with Crippen molar-refractivity contribution < 1.29 is 18.4 Å². The fourth-order valence-electron chi connectivity index (χ4n) is 2.82. The second-order valence-electron chi connectivity index (χ2n) is 6.00. The van der Waals surface area contributed by atoms with Gasteiger partial charge in [-0.25, -0.2) is 13.8 Å². The summed E-state index contributed by atoms with van der Waals surface area (Å²) in [4.78, 5) is 31.6. The summed E-state index contributed by atoms with van der Waals surface area (Å²) in [5, 5.41) is 2.45. The number of hydrogen-bond acceptors (Lipinski definition) is 4. The number of hydrogen-bond donors (Lipinski definition) is 1. The highest BCUT2D eigenvalue weighted by Crippen LogP contribution is 2.18. The van der Waals surface area contributed by atoms with Gasteiger partial charge >= 0.3 is 0 Å². The zero-order chi connectivity index (χ0) is 19.4. The third-order valence-electron chi connectivity index (χ3n) is 4.29. The molecule has 0 unspecified atom stereocenters. The lowest BCUT2D eigenvalue weighted by Crippen LogP contribution is -2.48. The van der Waals surface area contributed by atoms with E-state index in [0.717, 1.165) is 23.9 Å². The fourth-order valence-corrected chi connectivity index (χ4v) is 2.82. The van der Waals surface area contributed by atoms with Crippen LogP contribution in [0.25, 0.3) is 0 Å². The monoisotopic (exact) mass is 372 g/mol. The number of amides is 2. The predicted octanol–water partition coefficient (Wildman–Crippen LogP) is 2.45. The number of rotatable bonds is 4. The molecule has 1 aromatic carbocycles. The van der Waals surface area contributed by atoms with E-state index < -0.39 is 17.5 Å². The number of nitrogens with zero attached hydrogens (tertiary/aromatic N) is 3. The maximum Gasteiger partial charge on any atom is 0.259 e. The van der Waals surface area contributed by atoms with Crippen LogP contribution in [-0.2, 0) is 4.79 Å². The second-order valence-corrected chi connectivity index (χ2v) is 6.00. The molecule has 0 saturated carbocycles. The number of carbonyl (C=O) groups excluding carboxylic acids is 2. The summed E-state index contributed by atoms with van der Waals surface area (Å²) < 4.78 is 26.9.